The monoisotopic (exact) mass is 227 g/mol. The Balaban J connectivity index is 3.25. The minimum atomic E-state index is -0.527. The van der Waals surface area contributed by atoms with Gasteiger partial charge < -0.3 is 4.90 Å². The van der Waals surface area contributed by atoms with Gasteiger partial charge in [-0.1, -0.05) is 23.7 Å². The highest BCUT2D eigenvalue weighted by atomic mass is 35.5. The SMILES string of the molecule is CN(C)/C=C(\C=O)c1cccc(F)c1Cl. The van der Waals surface area contributed by atoms with Crippen LogP contribution in [-0.4, -0.2) is 25.3 Å². The number of hydrogen-bond donors (Lipinski definition) is 0. The summed E-state index contributed by atoms with van der Waals surface area (Å²) in [5, 5.41) is -0.0299. The molecule has 80 valence electrons. The number of carbonyl (C=O) groups excluding carboxylic acids is 1. The number of halogens is 2. The number of nitrogens with zero attached hydrogens (tertiary/aromatic N) is 1. The van der Waals surface area contributed by atoms with Crippen LogP contribution in [-0.2, 0) is 4.79 Å². The van der Waals surface area contributed by atoms with Crippen LogP contribution >= 0.6 is 11.6 Å². The van der Waals surface area contributed by atoms with E-state index < -0.39 is 5.82 Å². The Morgan fingerprint density at radius 2 is 2.13 bits per heavy atom. The largest absolute Gasteiger partial charge is 0.383 e. The molecule has 1 aromatic carbocycles. The maximum atomic E-state index is 13.1. The average Bonchev–Trinajstić information content (AvgIpc) is 2.19. The van der Waals surface area contributed by atoms with Crippen LogP contribution in [0.2, 0.25) is 5.02 Å². The second kappa shape index (κ2) is 4.94. The lowest BCUT2D eigenvalue weighted by Gasteiger charge is -2.09. The molecule has 0 amide bonds. The highest BCUT2D eigenvalue weighted by molar-refractivity contribution is 6.33. The molecule has 0 bridgehead atoms. The normalized spacial score (nSPS) is 11.3. The van der Waals surface area contributed by atoms with Crippen LogP contribution in [0.1, 0.15) is 5.56 Å². The fraction of sp³-hybridized carbons (Fsp3) is 0.182. The summed E-state index contributed by atoms with van der Waals surface area (Å²) in [6, 6.07) is 4.38. The van der Waals surface area contributed by atoms with Gasteiger partial charge in [-0.2, -0.15) is 0 Å². The third-order valence-electron chi connectivity index (χ3n) is 1.79. The van der Waals surface area contributed by atoms with Gasteiger partial charge in [-0.05, 0) is 6.07 Å². The van der Waals surface area contributed by atoms with E-state index >= 15 is 0 Å². The zero-order valence-corrected chi connectivity index (χ0v) is 9.25. The smallest absolute Gasteiger partial charge is 0.152 e. The van der Waals surface area contributed by atoms with Gasteiger partial charge in [0.05, 0.1) is 5.02 Å². The molecule has 0 aliphatic heterocycles. The van der Waals surface area contributed by atoms with Crippen LogP contribution in [0.15, 0.2) is 24.4 Å². The van der Waals surface area contributed by atoms with Gasteiger partial charge in [-0.25, -0.2) is 4.39 Å². The van der Waals surface area contributed by atoms with E-state index in [1.807, 2.05) is 0 Å². The molecule has 1 rings (SSSR count). The molecule has 15 heavy (non-hydrogen) atoms. The van der Waals surface area contributed by atoms with E-state index in [1.54, 1.807) is 31.3 Å². The molecule has 0 atom stereocenters. The average molecular weight is 228 g/mol. The Morgan fingerprint density at radius 3 is 2.67 bits per heavy atom. The zero-order chi connectivity index (χ0) is 11.4. The molecule has 0 aliphatic carbocycles. The minimum absolute atomic E-state index is 0.0299. The molecule has 0 radical (unpaired) electrons. The molecule has 0 aromatic heterocycles. The Kier molecular flexibility index (Phi) is 3.86. The molecule has 0 saturated heterocycles. The third kappa shape index (κ3) is 2.80. The maximum absolute atomic E-state index is 13.1. The summed E-state index contributed by atoms with van der Waals surface area (Å²) in [7, 11) is 3.55. The second-order valence-electron chi connectivity index (χ2n) is 3.27. The summed E-state index contributed by atoms with van der Waals surface area (Å²) in [6.45, 7) is 0. The maximum Gasteiger partial charge on any atom is 0.152 e. The quantitative estimate of drug-likeness (QED) is 0.584. The van der Waals surface area contributed by atoms with Gasteiger partial charge in [-0.3, -0.25) is 4.79 Å². The number of benzene rings is 1. The van der Waals surface area contributed by atoms with Crippen molar-refractivity contribution in [3.63, 3.8) is 0 Å². The minimum Gasteiger partial charge on any atom is -0.383 e. The molecule has 0 aliphatic rings. The standard InChI is InChI=1S/C11H11ClFNO/c1-14(2)6-8(7-15)9-4-3-5-10(13)11(9)12/h3-7H,1-2H3/b8-6+. The lowest BCUT2D eigenvalue weighted by atomic mass is 10.1. The Hall–Kier alpha value is -1.35. The molecule has 0 unspecified atom stereocenters. The van der Waals surface area contributed by atoms with Gasteiger partial charge in [0.1, 0.15) is 5.82 Å². The first-order valence-electron chi connectivity index (χ1n) is 4.34. The first kappa shape index (κ1) is 11.7. The molecule has 0 spiro atoms. The molecule has 0 N–H and O–H groups in total. The van der Waals surface area contributed by atoms with Crippen molar-refractivity contribution in [3.8, 4) is 0 Å². The second-order valence-corrected chi connectivity index (χ2v) is 3.65. The van der Waals surface area contributed by atoms with Gasteiger partial charge in [0.25, 0.3) is 0 Å². The molecular formula is C11H11ClFNO. The molecule has 0 fully saturated rings. The summed E-state index contributed by atoms with van der Waals surface area (Å²) in [4.78, 5) is 12.5. The van der Waals surface area contributed by atoms with Crippen LogP contribution in [0.3, 0.4) is 0 Å². The summed E-state index contributed by atoms with van der Waals surface area (Å²) in [6.07, 6.45) is 2.24. The van der Waals surface area contributed by atoms with Crippen molar-refractivity contribution in [2.45, 2.75) is 0 Å². The fourth-order valence-electron chi connectivity index (χ4n) is 1.17. The third-order valence-corrected chi connectivity index (χ3v) is 2.17. The van der Waals surface area contributed by atoms with Crippen molar-refractivity contribution in [1.29, 1.82) is 0 Å². The van der Waals surface area contributed by atoms with Crippen molar-refractivity contribution >= 4 is 23.5 Å². The lowest BCUT2D eigenvalue weighted by Crippen LogP contribution is -2.03. The van der Waals surface area contributed by atoms with Crippen molar-refractivity contribution in [2.24, 2.45) is 0 Å². The van der Waals surface area contributed by atoms with E-state index in [4.69, 9.17) is 11.6 Å². The molecule has 2 nitrogen and oxygen atoms in total. The summed E-state index contributed by atoms with van der Waals surface area (Å²) >= 11 is 5.76. The number of rotatable bonds is 3. The topological polar surface area (TPSA) is 20.3 Å². The van der Waals surface area contributed by atoms with Crippen LogP contribution in [0.4, 0.5) is 4.39 Å². The van der Waals surface area contributed by atoms with Crippen molar-refractivity contribution in [3.05, 3.63) is 40.8 Å². The number of aldehydes is 1. The summed E-state index contributed by atoms with van der Waals surface area (Å²) < 4.78 is 13.1. The number of allylic oxidation sites excluding steroid dienone is 1. The predicted octanol–water partition coefficient (Wildman–Crippen LogP) is 2.58. The van der Waals surface area contributed by atoms with Gasteiger partial charge >= 0.3 is 0 Å². The molecule has 1 aromatic rings. The molecular weight excluding hydrogens is 217 g/mol. The van der Waals surface area contributed by atoms with Gasteiger partial charge in [-0.15, -0.1) is 0 Å². The first-order valence-corrected chi connectivity index (χ1v) is 4.72. The van der Waals surface area contributed by atoms with Crippen LogP contribution in [0.5, 0.6) is 0 Å². The molecule has 0 heterocycles. The lowest BCUT2D eigenvalue weighted by molar-refractivity contribution is -0.103. The van der Waals surface area contributed by atoms with Crippen LogP contribution < -0.4 is 0 Å². The highest BCUT2D eigenvalue weighted by Crippen LogP contribution is 2.25. The van der Waals surface area contributed by atoms with Gasteiger partial charge in [0.2, 0.25) is 0 Å². The Bertz CT molecular complexity index is 402. The summed E-state index contributed by atoms with van der Waals surface area (Å²) in [5.41, 5.74) is 0.755. The summed E-state index contributed by atoms with van der Waals surface area (Å²) in [5.74, 6) is -0.527. The zero-order valence-electron chi connectivity index (χ0n) is 8.50. The van der Waals surface area contributed by atoms with E-state index in [0.29, 0.717) is 17.4 Å². The van der Waals surface area contributed by atoms with E-state index in [0.717, 1.165) is 0 Å². The van der Waals surface area contributed by atoms with E-state index in [-0.39, 0.29) is 5.02 Å². The fourth-order valence-corrected chi connectivity index (χ4v) is 1.40. The Morgan fingerprint density at radius 1 is 1.47 bits per heavy atom. The number of carbonyl (C=O) groups is 1. The first-order chi connectivity index (χ1) is 7.06. The highest BCUT2D eigenvalue weighted by Gasteiger charge is 2.09. The van der Waals surface area contributed by atoms with Crippen molar-refractivity contribution in [1.82, 2.24) is 4.90 Å². The van der Waals surface area contributed by atoms with Crippen molar-refractivity contribution in [2.75, 3.05) is 14.1 Å². The van der Waals surface area contributed by atoms with Crippen LogP contribution in [0.25, 0.3) is 5.57 Å². The van der Waals surface area contributed by atoms with Gasteiger partial charge in [0, 0.05) is 31.4 Å². The molecule has 0 saturated carbocycles. The number of hydrogen-bond acceptors (Lipinski definition) is 2. The van der Waals surface area contributed by atoms with E-state index in [9.17, 15) is 9.18 Å². The van der Waals surface area contributed by atoms with Crippen molar-refractivity contribution < 1.29 is 9.18 Å². The Labute approximate surface area is 93.0 Å². The van der Waals surface area contributed by atoms with Gasteiger partial charge in [0.15, 0.2) is 6.29 Å². The predicted molar refractivity (Wildman–Crippen MR) is 59.1 cm³/mol. The van der Waals surface area contributed by atoms with E-state index in [2.05, 4.69) is 0 Å². The van der Waals surface area contributed by atoms with E-state index in [1.165, 1.54) is 12.1 Å². The van der Waals surface area contributed by atoms with Crippen LogP contribution in [0, 0.1) is 5.82 Å². The molecule has 4 heteroatoms.